The van der Waals surface area contributed by atoms with E-state index in [4.69, 9.17) is 0 Å². The van der Waals surface area contributed by atoms with Crippen LogP contribution < -0.4 is 0 Å². The van der Waals surface area contributed by atoms with Gasteiger partial charge in [-0.2, -0.15) is 0 Å². The molecule has 0 aliphatic heterocycles. The van der Waals surface area contributed by atoms with Gasteiger partial charge in [0.15, 0.2) is 0 Å². The van der Waals surface area contributed by atoms with Crippen LogP contribution in [0.1, 0.15) is 23.6 Å². The van der Waals surface area contributed by atoms with Crippen LogP contribution in [0.2, 0.25) is 0 Å². The second-order valence-corrected chi connectivity index (χ2v) is 6.94. The van der Waals surface area contributed by atoms with Crippen LogP contribution in [0.4, 0.5) is 17.6 Å². The number of fused-ring (bicyclic) bond motifs is 1. The maximum atomic E-state index is 14.6. The molecule has 4 heteroatoms. The van der Waals surface area contributed by atoms with E-state index in [0.29, 0.717) is 17.5 Å². The molecule has 0 nitrogen and oxygen atoms in total. The highest BCUT2D eigenvalue weighted by Gasteiger charge is 2.14. The minimum Gasteiger partial charge on any atom is -0.207 e. The maximum absolute atomic E-state index is 14.6. The second-order valence-electron chi connectivity index (χ2n) is 6.94. The van der Waals surface area contributed by atoms with Crippen molar-refractivity contribution in [3.63, 3.8) is 0 Å². The van der Waals surface area contributed by atoms with Gasteiger partial charge in [0.1, 0.15) is 23.3 Å². The first kappa shape index (κ1) is 19.7. The van der Waals surface area contributed by atoms with Gasteiger partial charge >= 0.3 is 0 Å². The molecule has 0 atom stereocenters. The number of halogens is 4. The molecule has 0 aliphatic carbocycles. The summed E-state index contributed by atoms with van der Waals surface area (Å²) in [5.41, 5.74) is 1.15. The van der Waals surface area contributed by atoms with Gasteiger partial charge in [0.2, 0.25) is 0 Å². The molecule has 30 heavy (non-hydrogen) atoms. The SMILES string of the molecule is CCc1cc(F)c(-c2ccc(C#Cc3ccc4cc(F)ccc4c3)c(F)c2)c(F)c1. The summed E-state index contributed by atoms with van der Waals surface area (Å²) in [7, 11) is 0. The summed E-state index contributed by atoms with van der Waals surface area (Å²) in [5.74, 6) is 3.19. The fraction of sp³-hybridized carbons (Fsp3) is 0.0769. The van der Waals surface area contributed by atoms with E-state index in [1.807, 2.05) is 0 Å². The molecule has 0 amide bonds. The molecule has 0 N–H and O–H groups in total. The minimum atomic E-state index is -0.724. The Morgan fingerprint density at radius 3 is 2.07 bits per heavy atom. The molecule has 0 aromatic heterocycles. The van der Waals surface area contributed by atoms with Gasteiger partial charge in [-0.25, -0.2) is 17.6 Å². The maximum Gasteiger partial charge on any atom is 0.139 e. The van der Waals surface area contributed by atoms with Gasteiger partial charge in [0.25, 0.3) is 0 Å². The van der Waals surface area contributed by atoms with Gasteiger partial charge in [0, 0.05) is 5.56 Å². The largest absolute Gasteiger partial charge is 0.207 e. The Balaban J connectivity index is 1.66. The zero-order valence-corrected chi connectivity index (χ0v) is 16.1. The number of aryl methyl sites for hydroxylation is 1. The normalized spacial score (nSPS) is 10.7. The van der Waals surface area contributed by atoms with Crippen molar-refractivity contribution in [2.45, 2.75) is 13.3 Å². The lowest BCUT2D eigenvalue weighted by atomic mass is 10.00. The summed E-state index contributed by atoms with van der Waals surface area (Å²) in [6, 6.07) is 16.1. The smallest absolute Gasteiger partial charge is 0.139 e. The highest BCUT2D eigenvalue weighted by Crippen LogP contribution is 2.29. The molecule has 0 saturated heterocycles. The van der Waals surface area contributed by atoms with E-state index in [1.165, 1.54) is 36.4 Å². The van der Waals surface area contributed by atoms with Crippen LogP contribution in [0.5, 0.6) is 0 Å². The molecule has 4 aromatic carbocycles. The molecule has 0 spiro atoms. The third-order valence-electron chi connectivity index (χ3n) is 4.91. The van der Waals surface area contributed by atoms with E-state index in [0.717, 1.165) is 16.8 Å². The van der Waals surface area contributed by atoms with Crippen LogP contribution in [0.25, 0.3) is 21.9 Å². The zero-order valence-electron chi connectivity index (χ0n) is 16.1. The molecule has 0 unspecified atom stereocenters. The summed E-state index contributed by atoms with van der Waals surface area (Å²) in [5, 5.41) is 1.56. The van der Waals surface area contributed by atoms with Crippen molar-refractivity contribution in [1.29, 1.82) is 0 Å². The van der Waals surface area contributed by atoms with Crippen molar-refractivity contribution in [1.82, 2.24) is 0 Å². The zero-order chi connectivity index (χ0) is 21.3. The lowest BCUT2D eigenvalue weighted by Crippen LogP contribution is -1.95. The van der Waals surface area contributed by atoms with Crippen molar-refractivity contribution < 1.29 is 17.6 Å². The number of hydrogen-bond acceptors (Lipinski definition) is 0. The van der Waals surface area contributed by atoms with Crippen LogP contribution >= 0.6 is 0 Å². The predicted octanol–water partition coefficient (Wildman–Crippen LogP) is 7.03. The predicted molar refractivity (Wildman–Crippen MR) is 111 cm³/mol. The summed E-state index contributed by atoms with van der Waals surface area (Å²) >= 11 is 0. The molecular formula is C26H16F4. The first-order valence-corrected chi connectivity index (χ1v) is 9.44. The van der Waals surface area contributed by atoms with Gasteiger partial charge < -0.3 is 0 Å². The van der Waals surface area contributed by atoms with E-state index in [2.05, 4.69) is 11.8 Å². The molecule has 148 valence electrons. The van der Waals surface area contributed by atoms with Crippen LogP contribution in [0, 0.1) is 35.1 Å². The first-order chi connectivity index (χ1) is 14.4. The minimum absolute atomic E-state index is 0.114. The second kappa shape index (κ2) is 8.04. The number of benzene rings is 4. The van der Waals surface area contributed by atoms with Crippen molar-refractivity contribution in [3.8, 4) is 23.0 Å². The van der Waals surface area contributed by atoms with Crippen molar-refractivity contribution in [3.05, 3.63) is 107 Å². The van der Waals surface area contributed by atoms with Gasteiger partial charge in [-0.3, -0.25) is 0 Å². The van der Waals surface area contributed by atoms with Gasteiger partial charge in [-0.1, -0.05) is 37.0 Å². The summed E-state index contributed by atoms with van der Waals surface area (Å²) in [6.45, 7) is 1.80. The van der Waals surface area contributed by atoms with E-state index in [-0.39, 0.29) is 22.5 Å². The summed E-state index contributed by atoms with van der Waals surface area (Å²) < 4.78 is 56.5. The highest BCUT2D eigenvalue weighted by molar-refractivity contribution is 5.84. The number of rotatable bonds is 2. The summed E-state index contributed by atoms with van der Waals surface area (Å²) in [6.07, 6.45) is 0.501. The quantitative estimate of drug-likeness (QED) is 0.249. The molecule has 0 saturated carbocycles. The van der Waals surface area contributed by atoms with Crippen molar-refractivity contribution in [2.75, 3.05) is 0 Å². The Hall–Kier alpha value is -3.58. The van der Waals surface area contributed by atoms with E-state index in [9.17, 15) is 17.6 Å². The van der Waals surface area contributed by atoms with E-state index in [1.54, 1.807) is 31.2 Å². The lowest BCUT2D eigenvalue weighted by molar-refractivity contribution is 0.585. The molecule has 4 rings (SSSR count). The van der Waals surface area contributed by atoms with E-state index >= 15 is 0 Å². The highest BCUT2D eigenvalue weighted by atomic mass is 19.1. The van der Waals surface area contributed by atoms with Gasteiger partial charge in [-0.15, -0.1) is 0 Å². The Morgan fingerprint density at radius 1 is 0.667 bits per heavy atom. The molecule has 4 aromatic rings. The van der Waals surface area contributed by atoms with Crippen LogP contribution in [-0.2, 0) is 6.42 Å². The van der Waals surface area contributed by atoms with E-state index < -0.39 is 17.5 Å². The molecule has 0 aliphatic rings. The average molecular weight is 404 g/mol. The van der Waals surface area contributed by atoms with Crippen molar-refractivity contribution in [2.24, 2.45) is 0 Å². The lowest BCUT2D eigenvalue weighted by Gasteiger charge is -2.08. The Morgan fingerprint density at radius 2 is 1.37 bits per heavy atom. The molecule has 0 radical (unpaired) electrons. The molecule has 0 fully saturated rings. The van der Waals surface area contributed by atoms with Gasteiger partial charge in [-0.05, 0) is 76.9 Å². The fourth-order valence-electron chi connectivity index (χ4n) is 3.31. The fourth-order valence-corrected chi connectivity index (χ4v) is 3.31. The monoisotopic (exact) mass is 404 g/mol. The third-order valence-corrected chi connectivity index (χ3v) is 4.91. The van der Waals surface area contributed by atoms with Crippen LogP contribution in [0.3, 0.4) is 0 Å². The number of hydrogen-bond donors (Lipinski definition) is 0. The topological polar surface area (TPSA) is 0 Å². The summed E-state index contributed by atoms with van der Waals surface area (Å²) in [4.78, 5) is 0. The Bertz CT molecular complexity index is 1300. The standard InChI is InChI=1S/C26H16F4/c1-2-16-12-24(29)26(25(30)13-16)21-8-7-18(23(28)15-21)5-3-17-4-6-20-14-22(27)10-9-19(20)11-17/h4,6-15H,2H2,1H3. The van der Waals surface area contributed by atoms with Crippen LogP contribution in [0.15, 0.2) is 66.7 Å². The molecule has 0 heterocycles. The average Bonchev–Trinajstić information content (AvgIpc) is 2.72. The van der Waals surface area contributed by atoms with Gasteiger partial charge in [0.05, 0.1) is 11.1 Å². The van der Waals surface area contributed by atoms with Crippen molar-refractivity contribution >= 4 is 10.8 Å². The molecule has 0 bridgehead atoms. The Kier molecular flexibility index (Phi) is 5.29. The van der Waals surface area contributed by atoms with Crippen LogP contribution in [-0.4, -0.2) is 0 Å². The third kappa shape index (κ3) is 3.92. The first-order valence-electron chi connectivity index (χ1n) is 9.44. The Labute approximate surface area is 171 Å². The molecular weight excluding hydrogens is 388 g/mol.